The number of carboxylic acids is 1. The second-order valence-electron chi connectivity index (χ2n) is 6.39. The van der Waals surface area contributed by atoms with Crippen LogP contribution in [0.3, 0.4) is 0 Å². The average Bonchev–Trinajstić information content (AvgIpc) is 2.59. The number of aromatic nitrogens is 1. The largest absolute Gasteiger partial charge is 0.481 e. The predicted molar refractivity (Wildman–Crippen MR) is 100 cm³/mol. The van der Waals surface area contributed by atoms with Crippen LogP contribution in [0.5, 0.6) is 5.88 Å². The number of halogens is 2. The van der Waals surface area contributed by atoms with Crippen LogP contribution in [0.4, 0.5) is 14.5 Å². The summed E-state index contributed by atoms with van der Waals surface area (Å²) in [5.41, 5.74) is 0.686. The predicted octanol–water partition coefficient (Wildman–Crippen LogP) is 4.51. The molecule has 2 aromatic rings. The summed E-state index contributed by atoms with van der Waals surface area (Å²) in [6.45, 7) is 6.08. The van der Waals surface area contributed by atoms with Gasteiger partial charge in [-0.25, -0.2) is 13.8 Å². The normalized spacial score (nSPS) is 10.9. The Labute approximate surface area is 157 Å². The molecule has 1 N–H and O–H groups in total. The first-order valence-electron chi connectivity index (χ1n) is 8.91. The number of aliphatic carboxylic acids is 1. The first kappa shape index (κ1) is 20.6. The van der Waals surface area contributed by atoms with Gasteiger partial charge in [-0.15, -0.1) is 0 Å². The summed E-state index contributed by atoms with van der Waals surface area (Å²) in [5.74, 6) is -2.03. The summed E-state index contributed by atoms with van der Waals surface area (Å²) in [5, 5.41) is 8.75. The standard InChI is InChI=1S/C20H24F2N2O3/c1-4-24(10-6-8-18(25)26)19-16(21)11-14(12-17(19)22)15-7-5-9-23-20(15)27-13(2)3/h5,7,9,11-13H,4,6,8,10H2,1-3H3,(H,25,26). The van der Waals surface area contributed by atoms with E-state index in [0.29, 0.717) is 30.0 Å². The maximum Gasteiger partial charge on any atom is 0.303 e. The van der Waals surface area contributed by atoms with E-state index in [9.17, 15) is 13.6 Å². The van der Waals surface area contributed by atoms with E-state index >= 15 is 0 Å². The van der Waals surface area contributed by atoms with Crippen molar-refractivity contribution in [1.82, 2.24) is 4.98 Å². The maximum atomic E-state index is 14.8. The molecule has 0 spiro atoms. The number of hydrogen-bond acceptors (Lipinski definition) is 4. The molecule has 0 atom stereocenters. The van der Waals surface area contributed by atoms with Crippen molar-refractivity contribution >= 4 is 11.7 Å². The molecule has 0 fully saturated rings. The van der Waals surface area contributed by atoms with Crippen LogP contribution in [0, 0.1) is 11.6 Å². The summed E-state index contributed by atoms with van der Waals surface area (Å²) in [6.07, 6.45) is 1.68. The fraction of sp³-hybridized carbons (Fsp3) is 0.400. The summed E-state index contributed by atoms with van der Waals surface area (Å²) >= 11 is 0. The van der Waals surface area contributed by atoms with Crippen molar-refractivity contribution in [2.75, 3.05) is 18.0 Å². The molecule has 27 heavy (non-hydrogen) atoms. The van der Waals surface area contributed by atoms with Crippen molar-refractivity contribution in [3.8, 4) is 17.0 Å². The van der Waals surface area contributed by atoms with Gasteiger partial charge in [0.1, 0.15) is 17.3 Å². The zero-order valence-corrected chi connectivity index (χ0v) is 15.7. The lowest BCUT2D eigenvalue weighted by molar-refractivity contribution is -0.137. The van der Waals surface area contributed by atoms with E-state index in [2.05, 4.69) is 4.98 Å². The number of hydrogen-bond donors (Lipinski definition) is 1. The number of ether oxygens (including phenoxy) is 1. The van der Waals surface area contributed by atoms with Gasteiger partial charge in [-0.1, -0.05) is 0 Å². The number of anilines is 1. The molecule has 0 saturated heterocycles. The van der Waals surface area contributed by atoms with Gasteiger partial charge in [-0.05, 0) is 57.0 Å². The Balaban J connectivity index is 2.35. The third kappa shape index (κ3) is 5.39. The molecule has 0 amide bonds. The molecule has 0 aliphatic rings. The van der Waals surface area contributed by atoms with Crippen LogP contribution in [0.15, 0.2) is 30.5 Å². The highest BCUT2D eigenvalue weighted by atomic mass is 19.1. The van der Waals surface area contributed by atoms with Crippen LogP contribution in [-0.2, 0) is 4.79 Å². The van der Waals surface area contributed by atoms with Crippen molar-refractivity contribution in [2.45, 2.75) is 39.7 Å². The van der Waals surface area contributed by atoms with Crippen molar-refractivity contribution in [3.63, 3.8) is 0 Å². The van der Waals surface area contributed by atoms with Crippen LogP contribution in [0.1, 0.15) is 33.6 Å². The highest BCUT2D eigenvalue weighted by Crippen LogP contribution is 2.34. The first-order valence-corrected chi connectivity index (χ1v) is 8.91. The lowest BCUT2D eigenvalue weighted by Crippen LogP contribution is -2.26. The van der Waals surface area contributed by atoms with Gasteiger partial charge in [-0.2, -0.15) is 0 Å². The minimum Gasteiger partial charge on any atom is -0.481 e. The van der Waals surface area contributed by atoms with Crippen LogP contribution < -0.4 is 9.64 Å². The monoisotopic (exact) mass is 378 g/mol. The minimum absolute atomic E-state index is 0.0522. The molecular weight excluding hydrogens is 354 g/mol. The van der Waals surface area contributed by atoms with Crippen LogP contribution >= 0.6 is 0 Å². The van der Waals surface area contributed by atoms with Crippen LogP contribution in [-0.4, -0.2) is 35.3 Å². The van der Waals surface area contributed by atoms with Gasteiger partial charge in [-0.3, -0.25) is 4.79 Å². The number of pyridine rings is 1. The minimum atomic E-state index is -0.934. The molecule has 0 aliphatic carbocycles. The summed E-state index contributed by atoms with van der Waals surface area (Å²) in [7, 11) is 0. The zero-order valence-electron chi connectivity index (χ0n) is 15.7. The van der Waals surface area contributed by atoms with Crippen molar-refractivity contribution in [2.24, 2.45) is 0 Å². The molecule has 2 rings (SSSR count). The van der Waals surface area contributed by atoms with E-state index in [4.69, 9.17) is 9.84 Å². The fourth-order valence-electron chi connectivity index (χ4n) is 2.80. The highest BCUT2D eigenvalue weighted by Gasteiger charge is 2.19. The number of nitrogens with zero attached hydrogens (tertiary/aromatic N) is 2. The summed E-state index contributed by atoms with van der Waals surface area (Å²) in [4.78, 5) is 16.3. The Hall–Kier alpha value is -2.70. The van der Waals surface area contributed by atoms with E-state index in [1.54, 1.807) is 25.3 Å². The Morgan fingerprint density at radius 3 is 2.52 bits per heavy atom. The van der Waals surface area contributed by atoms with E-state index in [-0.39, 0.29) is 24.8 Å². The number of rotatable bonds is 9. The quantitative estimate of drug-likeness (QED) is 0.696. The molecule has 1 aromatic heterocycles. The van der Waals surface area contributed by atoms with Crippen LogP contribution in [0.2, 0.25) is 0 Å². The second kappa shape index (κ2) is 9.30. The van der Waals surface area contributed by atoms with Gasteiger partial charge in [0, 0.05) is 31.3 Å². The van der Waals surface area contributed by atoms with Gasteiger partial charge in [0.05, 0.1) is 6.10 Å². The second-order valence-corrected chi connectivity index (χ2v) is 6.39. The van der Waals surface area contributed by atoms with Gasteiger partial charge < -0.3 is 14.7 Å². The van der Waals surface area contributed by atoms with Crippen molar-refractivity contribution in [1.29, 1.82) is 0 Å². The lowest BCUT2D eigenvalue weighted by atomic mass is 10.1. The molecule has 5 nitrogen and oxygen atoms in total. The Bertz CT molecular complexity index is 774. The molecule has 146 valence electrons. The smallest absolute Gasteiger partial charge is 0.303 e. The average molecular weight is 378 g/mol. The third-order valence-electron chi connectivity index (χ3n) is 3.96. The van der Waals surface area contributed by atoms with E-state index in [0.717, 1.165) is 0 Å². The highest BCUT2D eigenvalue weighted by molar-refractivity contribution is 5.71. The van der Waals surface area contributed by atoms with E-state index in [1.807, 2.05) is 13.8 Å². The van der Waals surface area contributed by atoms with E-state index in [1.165, 1.54) is 17.0 Å². The SMILES string of the molecule is CCN(CCCC(=O)O)c1c(F)cc(-c2cccnc2OC(C)C)cc1F. The van der Waals surface area contributed by atoms with E-state index < -0.39 is 17.6 Å². The maximum absolute atomic E-state index is 14.8. The Morgan fingerprint density at radius 1 is 1.30 bits per heavy atom. The van der Waals surface area contributed by atoms with Crippen molar-refractivity contribution in [3.05, 3.63) is 42.1 Å². The Morgan fingerprint density at radius 2 is 1.96 bits per heavy atom. The molecule has 0 saturated carbocycles. The fourth-order valence-corrected chi connectivity index (χ4v) is 2.80. The molecule has 1 heterocycles. The summed E-state index contributed by atoms with van der Waals surface area (Å²) in [6, 6.07) is 5.88. The molecule has 0 aliphatic heterocycles. The molecule has 7 heteroatoms. The molecular formula is C20H24F2N2O3. The molecule has 0 bridgehead atoms. The zero-order chi connectivity index (χ0) is 20.0. The topological polar surface area (TPSA) is 62.7 Å². The van der Waals surface area contributed by atoms with Crippen LogP contribution in [0.25, 0.3) is 11.1 Å². The van der Waals surface area contributed by atoms with Gasteiger partial charge in [0.15, 0.2) is 0 Å². The summed E-state index contributed by atoms with van der Waals surface area (Å²) < 4.78 is 35.1. The number of carbonyl (C=O) groups is 1. The number of carboxylic acid groups (broad SMARTS) is 1. The molecule has 0 unspecified atom stereocenters. The lowest BCUT2D eigenvalue weighted by Gasteiger charge is -2.24. The number of benzene rings is 1. The van der Waals surface area contributed by atoms with Crippen molar-refractivity contribution < 1.29 is 23.4 Å². The first-order chi connectivity index (χ1) is 12.8. The van der Waals surface area contributed by atoms with Gasteiger partial charge in [0.2, 0.25) is 5.88 Å². The van der Waals surface area contributed by atoms with Gasteiger partial charge >= 0.3 is 5.97 Å². The molecule has 1 aromatic carbocycles. The van der Waals surface area contributed by atoms with Gasteiger partial charge in [0.25, 0.3) is 0 Å². The Kier molecular flexibility index (Phi) is 7.10. The molecule has 0 radical (unpaired) electrons. The third-order valence-corrected chi connectivity index (χ3v) is 3.96.